The molecule has 0 amide bonds. The molecule has 0 bridgehead atoms. The highest BCUT2D eigenvalue weighted by molar-refractivity contribution is 14.1. The van der Waals surface area contributed by atoms with Crippen LogP contribution in [-0.4, -0.2) is 21.2 Å². The molecule has 0 spiro atoms. The molecule has 0 unspecified atom stereocenters. The van der Waals surface area contributed by atoms with E-state index in [2.05, 4.69) is 0 Å². The van der Waals surface area contributed by atoms with Crippen molar-refractivity contribution >= 4 is 45.3 Å². The van der Waals surface area contributed by atoms with Crippen molar-refractivity contribution < 1.29 is 14.5 Å². The van der Waals surface area contributed by atoms with Gasteiger partial charge in [-0.2, -0.15) is 0 Å². The summed E-state index contributed by atoms with van der Waals surface area (Å²) in [5, 5.41) is 11.8. The van der Waals surface area contributed by atoms with E-state index < -0.39 is 16.6 Å². The number of ether oxygens (including phenoxy) is 1. The van der Waals surface area contributed by atoms with Crippen LogP contribution in [-0.2, 0) is 4.74 Å². The molecule has 1 aromatic carbocycles. The highest BCUT2D eigenvalue weighted by Crippen LogP contribution is 2.31. The summed E-state index contributed by atoms with van der Waals surface area (Å²) in [6, 6.07) is 4.71. The average Bonchev–Trinajstić information content (AvgIpc) is 2.65. The fourth-order valence-electron chi connectivity index (χ4n) is 1.83. The van der Waals surface area contributed by atoms with E-state index in [0.717, 1.165) is 3.57 Å². The Morgan fingerprint density at radius 3 is 2.60 bits per heavy atom. The topological polar surface area (TPSA) is 74.4 Å². The second kappa shape index (κ2) is 5.04. The molecule has 0 atom stereocenters. The third kappa shape index (κ3) is 2.77. The largest absolute Gasteiger partial charge is 0.443 e. The predicted molar refractivity (Wildman–Crippen MR) is 82.9 cm³/mol. The van der Waals surface area contributed by atoms with Crippen LogP contribution in [0.15, 0.2) is 24.4 Å². The Morgan fingerprint density at radius 2 is 2.05 bits per heavy atom. The van der Waals surface area contributed by atoms with Gasteiger partial charge in [0, 0.05) is 21.2 Å². The highest BCUT2D eigenvalue weighted by Gasteiger charge is 2.24. The number of para-hydroxylation sites is 1. The molecular formula is C13H13IN2O4. The molecule has 2 aromatic rings. The lowest BCUT2D eigenvalue weighted by Crippen LogP contribution is -2.26. The quantitative estimate of drug-likeness (QED) is 0.422. The number of halogens is 1. The Hall–Kier alpha value is -1.64. The van der Waals surface area contributed by atoms with Crippen LogP contribution in [0, 0.1) is 13.7 Å². The molecule has 0 radical (unpaired) electrons. The van der Waals surface area contributed by atoms with Gasteiger partial charge in [0.2, 0.25) is 0 Å². The third-order valence-electron chi connectivity index (χ3n) is 2.54. The van der Waals surface area contributed by atoms with E-state index in [1.54, 1.807) is 39.1 Å². The van der Waals surface area contributed by atoms with E-state index in [-0.39, 0.29) is 11.2 Å². The first-order chi connectivity index (χ1) is 9.20. The molecule has 1 heterocycles. The van der Waals surface area contributed by atoms with Gasteiger partial charge < -0.3 is 4.74 Å². The van der Waals surface area contributed by atoms with E-state index in [0.29, 0.717) is 5.39 Å². The maximum Gasteiger partial charge on any atom is 0.419 e. The summed E-state index contributed by atoms with van der Waals surface area (Å²) in [6.07, 6.45) is 0.923. The number of non-ortho nitro benzene ring substituents is 1. The predicted octanol–water partition coefficient (Wildman–Crippen LogP) is 3.94. The summed E-state index contributed by atoms with van der Waals surface area (Å²) in [5.41, 5.74) is -0.518. The molecule has 0 aliphatic rings. The molecule has 7 heteroatoms. The summed E-state index contributed by atoms with van der Waals surface area (Å²) >= 11 is 2.04. The van der Waals surface area contributed by atoms with Gasteiger partial charge in [0.25, 0.3) is 5.69 Å². The van der Waals surface area contributed by atoms with Crippen molar-refractivity contribution in [2.24, 2.45) is 0 Å². The highest BCUT2D eigenvalue weighted by atomic mass is 127. The van der Waals surface area contributed by atoms with Gasteiger partial charge in [0.05, 0.1) is 4.92 Å². The summed E-state index contributed by atoms with van der Waals surface area (Å²) in [4.78, 5) is 22.8. The van der Waals surface area contributed by atoms with Crippen molar-refractivity contribution in [3.8, 4) is 0 Å². The van der Waals surface area contributed by atoms with Crippen molar-refractivity contribution in [1.82, 2.24) is 4.57 Å². The van der Waals surface area contributed by atoms with E-state index in [1.165, 1.54) is 10.6 Å². The number of carbonyl (C=O) groups is 1. The van der Waals surface area contributed by atoms with Crippen LogP contribution < -0.4 is 0 Å². The van der Waals surface area contributed by atoms with E-state index >= 15 is 0 Å². The molecule has 2 rings (SSSR count). The van der Waals surface area contributed by atoms with Gasteiger partial charge in [-0.15, -0.1) is 0 Å². The first kappa shape index (κ1) is 14.8. The van der Waals surface area contributed by atoms with Gasteiger partial charge in [-0.25, -0.2) is 9.36 Å². The fourth-order valence-corrected chi connectivity index (χ4v) is 2.54. The number of carbonyl (C=O) groups excluding carboxylic acids is 1. The van der Waals surface area contributed by atoms with Gasteiger partial charge >= 0.3 is 6.09 Å². The van der Waals surface area contributed by atoms with Crippen LogP contribution in [0.1, 0.15) is 20.8 Å². The number of rotatable bonds is 1. The van der Waals surface area contributed by atoms with Crippen molar-refractivity contribution in [2.75, 3.05) is 0 Å². The maximum absolute atomic E-state index is 12.2. The van der Waals surface area contributed by atoms with Gasteiger partial charge in [0.1, 0.15) is 11.1 Å². The molecule has 0 N–H and O–H groups in total. The smallest absolute Gasteiger partial charge is 0.419 e. The molecule has 20 heavy (non-hydrogen) atoms. The first-order valence-electron chi connectivity index (χ1n) is 5.88. The molecule has 0 aliphatic carbocycles. The van der Waals surface area contributed by atoms with Crippen molar-refractivity contribution in [3.63, 3.8) is 0 Å². The molecule has 0 saturated carbocycles. The van der Waals surface area contributed by atoms with Gasteiger partial charge in [-0.3, -0.25) is 10.1 Å². The Kier molecular flexibility index (Phi) is 3.72. The normalized spacial score (nSPS) is 11.6. The standard InChI is InChI=1S/C13H13IN2O4/c1-13(2,3)20-12(17)15-7-9(14)8-5-4-6-10(11(8)15)16(18)19/h4-7H,1-3H3. The second-order valence-electron chi connectivity index (χ2n) is 5.26. The number of nitro benzene ring substituents is 1. The minimum absolute atomic E-state index is 0.115. The SMILES string of the molecule is CC(C)(C)OC(=O)n1cc(I)c2cccc([N+](=O)[O-])c21. The molecular weight excluding hydrogens is 375 g/mol. The molecule has 0 fully saturated rings. The Morgan fingerprint density at radius 1 is 1.40 bits per heavy atom. The molecule has 0 aliphatic heterocycles. The first-order valence-corrected chi connectivity index (χ1v) is 6.96. The van der Waals surface area contributed by atoms with Crippen LogP contribution >= 0.6 is 22.6 Å². The maximum atomic E-state index is 12.2. The summed E-state index contributed by atoms with van der Waals surface area (Å²) in [5.74, 6) is 0. The number of hydrogen-bond acceptors (Lipinski definition) is 4. The summed E-state index contributed by atoms with van der Waals surface area (Å²) in [7, 11) is 0. The third-order valence-corrected chi connectivity index (χ3v) is 3.40. The van der Waals surface area contributed by atoms with Crippen LogP contribution in [0.25, 0.3) is 10.9 Å². The molecule has 6 nitrogen and oxygen atoms in total. The lowest BCUT2D eigenvalue weighted by molar-refractivity contribution is -0.383. The average molecular weight is 388 g/mol. The van der Waals surface area contributed by atoms with Crippen molar-refractivity contribution in [1.29, 1.82) is 0 Å². The van der Waals surface area contributed by atoms with Gasteiger partial charge in [-0.05, 0) is 43.4 Å². The van der Waals surface area contributed by atoms with Crippen LogP contribution in [0.3, 0.4) is 0 Å². The lowest BCUT2D eigenvalue weighted by Gasteiger charge is -2.19. The zero-order valence-corrected chi connectivity index (χ0v) is 13.4. The monoisotopic (exact) mass is 388 g/mol. The zero-order valence-electron chi connectivity index (χ0n) is 11.2. The Balaban J connectivity index is 2.65. The fraction of sp³-hybridized carbons (Fsp3) is 0.308. The molecule has 0 saturated heterocycles. The van der Waals surface area contributed by atoms with Gasteiger partial charge in [0.15, 0.2) is 0 Å². The lowest BCUT2D eigenvalue weighted by atomic mass is 10.2. The Labute approximate surface area is 129 Å². The van der Waals surface area contributed by atoms with Crippen LogP contribution in [0.2, 0.25) is 0 Å². The van der Waals surface area contributed by atoms with Crippen molar-refractivity contribution in [2.45, 2.75) is 26.4 Å². The zero-order chi connectivity index (χ0) is 15.1. The van der Waals surface area contributed by atoms with E-state index in [4.69, 9.17) is 4.74 Å². The summed E-state index contributed by atoms with van der Waals surface area (Å²) in [6.45, 7) is 5.24. The minimum atomic E-state index is -0.664. The van der Waals surface area contributed by atoms with E-state index in [9.17, 15) is 14.9 Å². The van der Waals surface area contributed by atoms with E-state index in [1.807, 2.05) is 22.6 Å². The van der Waals surface area contributed by atoms with Crippen LogP contribution in [0.5, 0.6) is 0 Å². The molecule has 1 aromatic heterocycles. The summed E-state index contributed by atoms with van der Waals surface area (Å²) < 4.78 is 7.23. The number of benzene rings is 1. The second-order valence-corrected chi connectivity index (χ2v) is 6.42. The molecule has 106 valence electrons. The van der Waals surface area contributed by atoms with Crippen LogP contribution in [0.4, 0.5) is 10.5 Å². The number of nitro groups is 1. The Bertz CT molecular complexity index is 700. The van der Waals surface area contributed by atoms with Crippen molar-refractivity contribution in [3.05, 3.63) is 38.1 Å². The number of aromatic nitrogens is 1. The number of fused-ring (bicyclic) bond motifs is 1. The number of nitrogens with zero attached hydrogens (tertiary/aromatic N) is 2. The van der Waals surface area contributed by atoms with Gasteiger partial charge in [-0.1, -0.05) is 12.1 Å². The number of hydrogen-bond donors (Lipinski definition) is 0. The minimum Gasteiger partial charge on any atom is -0.443 e.